The highest BCUT2D eigenvalue weighted by Gasteiger charge is 2.10. The molecule has 0 aliphatic rings. The van der Waals surface area contributed by atoms with E-state index >= 15 is 0 Å². The largest absolute Gasteiger partial charge is 0.310 e. The van der Waals surface area contributed by atoms with Crippen LogP contribution in [-0.4, -0.2) is 6.54 Å². The van der Waals surface area contributed by atoms with Gasteiger partial charge in [-0.05, 0) is 37.7 Å². The second kappa shape index (κ2) is 6.33. The van der Waals surface area contributed by atoms with Crippen molar-refractivity contribution in [2.24, 2.45) is 0 Å². The third-order valence-corrected chi connectivity index (χ3v) is 5.21. The molecule has 1 nitrogen and oxygen atoms in total. The Morgan fingerprint density at radius 1 is 1.22 bits per heavy atom. The standard InChI is InChI=1S/C14H15Br2NS/c1-3-17-9(2)13-6-7-14(18-13)11-5-4-10(15)8-12(11)16/h4-9,17H,3H2,1-2H3. The SMILES string of the molecule is CCNC(C)c1ccc(-c2ccc(Br)cc2Br)s1. The molecular formula is C14H15Br2NS. The molecule has 96 valence electrons. The Kier molecular flexibility index (Phi) is 5.01. The van der Waals surface area contributed by atoms with Crippen molar-refractivity contribution in [3.8, 4) is 10.4 Å². The van der Waals surface area contributed by atoms with Crippen LogP contribution in [0.5, 0.6) is 0 Å². The zero-order valence-electron chi connectivity index (χ0n) is 10.3. The van der Waals surface area contributed by atoms with Gasteiger partial charge in [0.15, 0.2) is 0 Å². The number of nitrogens with one attached hydrogen (secondary N) is 1. The number of halogens is 2. The number of hydrogen-bond donors (Lipinski definition) is 1. The van der Waals surface area contributed by atoms with E-state index in [9.17, 15) is 0 Å². The summed E-state index contributed by atoms with van der Waals surface area (Å²) in [6.45, 7) is 5.34. The van der Waals surface area contributed by atoms with Gasteiger partial charge in [-0.3, -0.25) is 0 Å². The second-order valence-electron chi connectivity index (χ2n) is 4.11. The van der Waals surface area contributed by atoms with Gasteiger partial charge in [0, 0.05) is 30.3 Å². The van der Waals surface area contributed by atoms with E-state index < -0.39 is 0 Å². The summed E-state index contributed by atoms with van der Waals surface area (Å²) in [6.07, 6.45) is 0. The van der Waals surface area contributed by atoms with Crippen molar-refractivity contribution in [3.05, 3.63) is 44.2 Å². The number of benzene rings is 1. The molecule has 2 rings (SSSR count). The summed E-state index contributed by atoms with van der Waals surface area (Å²) in [7, 11) is 0. The van der Waals surface area contributed by atoms with Crippen LogP contribution in [0.3, 0.4) is 0 Å². The molecule has 1 heterocycles. The molecule has 18 heavy (non-hydrogen) atoms. The fourth-order valence-corrected chi connectivity index (χ4v) is 4.29. The van der Waals surface area contributed by atoms with Crippen molar-refractivity contribution in [1.29, 1.82) is 0 Å². The van der Waals surface area contributed by atoms with Crippen molar-refractivity contribution >= 4 is 43.2 Å². The van der Waals surface area contributed by atoms with Gasteiger partial charge >= 0.3 is 0 Å². The molecule has 0 saturated heterocycles. The second-order valence-corrected chi connectivity index (χ2v) is 6.99. The Bertz CT molecular complexity index is 536. The predicted molar refractivity (Wildman–Crippen MR) is 87.2 cm³/mol. The smallest absolute Gasteiger partial charge is 0.0386 e. The first-order valence-electron chi connectivity index (χ1n) is 5.90. The van der Waals surface area contributed by atoms with E-state index in [0.29, 0.717) is 6.04 Å². The Morgan fingerprint density at radius 3 is 2.67 bits per heavy atom. The van der Waals surface area contributed by atoms with Gasteiger partial charge in [-0.1, -0.05) is 44.8 Å². The minimum absolute atomic E-state index is 0.419. The zero-order chi connectivity index (χ0) is 13.1. The molecule has 1 unspecified atom stereocenters. The summed E-state index contributed by atoms with van der Waals surface area (Å²) < 4.78 is 2.22. The van der Waals surface area contributed by atoms with Gasteiger partial charge < -0.3 is 5.32 Å². The maximum absolute atomic E-state index is 3.62. The average Bonchev–Trinajstić information content (AvgIpc) is 2.78. The fraction of sp³-hybridized carbons (Fsp3) is 0.286. The van der Waals surface area contributed by atoms with Gasteiger partial charge in [0.05, 0.1) is 0 Å². The lowest BCUT2D eigenvalue weighted by Gasteiger charge is -2.09. The molecule has 0 aliphatic heterocycles. The van der Waals surface area contributed by atoms with Crippen LogP contribution in [0.2, 0.25) is 0 Å². The quantitative estimate of drug-likeness (QED) is 0.717. The highest BCUT2D eigenvalue weighted by atomic mass is 79.9. The highest BCUT2D eigenvalue weighted by Crippen LogP contribution is 2.36. The van der Waals surface area contributed by atoms with E-state index in [2.05, 4.69) is 81.4 Å². The molecule has 1 N–H and O–H groups in total. The van der Waals surface area contributed by atoms with Crippen LogP contribution in [0.4, 0.5) is 0 Å². The molecule has 0 radical (unpaired) electrons. The maximum atomic E-state index is 3.62. The molecule has 1 atom stereocenters. The summed E-state index contributed by atoms with van der Waals surface area (Å²) in [6, 6.07) is 11.1. The fourth-order valence-electron chi connectivity index (χ4n) is 1.83. The van der Waals surface area contributed by atoms with E-state index in [1.165, 1.54) is 15.3 Å². The molecule has 0 bridgehead atoms. The Labute approximate surface area is 129 Å². The monoisotopic (exact) mass is 387 g/mol. The van der Waals surface area contributed by atoms with Crippen LogP contribution in [0.25, 0.3) is 10.4 Å². The summed E-state index contributed by atoms with van der Waals surface area (Å²) in [5, 5.41) is 3.44. The molecule has 1 aromatic carbocycles. The molecule has 2 aromatic rings. The molecule has 0 amide bonds. The molecule has 0 fully saturated rings. The van der Waals surface area contributed by atoms with Crippen molar-refractivity contribution < 1.29 is 0 Å². The number of rotatable bonds is 4. The molecule has 1 aromatic heterocycles. The van der Waals surface area contributed by atoms with Gasteiger partial charge in [0.1, 0.15) is 0 Å². The molecule has 4 heteroatoms. The highest BCUT2D eigenvalue weighted by molar-refractivity contribution is 9.11. The third kappa shape index (κ3) is 3.23. The predicted octanol–water partition coefficient (Wildman–Crippen LogP) is 5.61. The van der Waals surface area contributed by atoms with Crippen LogP contribution >= 0.6 is 43.2 Å². The Hall–Kier alpha value is -0.160. The lowest BCUT2D eigenvalue weighted by atomic mass is 10.2. The summed E-state index contributed by atoms with van der Waals surface area (Å²) in [5.41, 5.74) is 1.25. The Morgan fingerprint density at radius 2 is 2.00 bits per heavy atom. The molecule has 0 spiro atoms. The van der Waals surface area contributed by atoms with E-state index in [-0.39, 0.29) is 0 Å². The van der Waals surface area contributed by atoms with E-state index in [1.807, 2.05) is 11.3 Å². The minimum atomic E-state index is 0.419. The first-order valence-corrected chi connectivity index (χ1v) is 8.30. The molecule has 0 aliphatic carbocycles. The van der Waals surface area contributed by atoms with Crippen LogP contribution in [0.15, 0.2) is 39.3 Å². The van der Waals surface area contributed by atoms with Gasteiger partial charge in [-0.25, -0.2) is 0 Å². The summed E-state index contributed by atoms with van der Waals surface area (Å²) in [4.78, 5) is 2.68. The third-order valence-electron chi connectivity index (χ3n) is 2.76. The Balaban J connectivity index is 2.29. The summed E-state index contributed by atoms with van der Waals surface area (Å²) >= 11 is 8.95. The van der Waals surface area contributed by atoms with Crippen LogP contribution in [-0.2, 0) is 0 Å². The first kappa shape index (κ1) is 14.3. The molecule has 0 saturated carbocycles. The van der Waals surface area contributed by atoms with E-state index in [0.717, 1.165) is 15.5 Å². The van der Waals surface area contributed by atoms with Crippen molar-refractivity contribution in [1.82, 2.24) is 5.32 Å². The normalized spacial score (nSPS) is 12.7. The number of thiophene rings is 1. The van der Waals surface area contributed by atoms with E-state index in [4.69, 9.17) is 0 Å². The molecular weight excluding hydrogens is 374 g/mol. The van der Waals surface area contributed by atoms with E-state index in [1.54, 1.807) is 0 Å². The maximum Gasteiger partial charge on any atom is 0.0386 e. The van der Waals surface area contributed by atoms with Gasteiger partial charge in [-0.2, -0.15) is 0 Å². The van der Waals surface area contributed by atoms with Crippen LogP contribution in [0, 0.1) is 0 Å². The van der Waals surface area contributed by atoms with Gasteiger partial charge in [0.25, 0.3) is 0 Å². The van der Waals surface area contributed by atoms with Crippen molar-refractivity contribution in [3.63, 3.8) is 0 Å². The van der Waals surface area contributed by atoms with Gasteiger partial charge in [0.2, 0.25) is 0 Å². The average molecular weight is 389 g/mol. The van der Waals surface area contributed by atoms with Crippen molar-refractivity contribution in [2.75, 3.05) is 6.54 Å². The summed E-state index contributed by atoms with van der Waals surface area (Å²) in [5.74, 6) is 0. The number of hydrogen-bond acceptors (Lipinski definition) is 2. The van der Waals surface area contributed by atoms with Crippen LogP contribution in [0.1, 0.15) is 24.8 Å². The van der Waals surface area contributed by atoms with Crippen LogP contribution < -0.4 is 5.32 Å². The van der Waals surface area contributed by atoms with Crippen molar-refractivity contribution in [2.45, 2.75) is 19.9 Å². The lowest BCUT2D eigenvalue weighted by Crippen LogP contribution is -2.16. The first-order chi connectivity index (χ1) is 8.61. The lowest BCUT2D eigenvalue weighted by molar-refractivity contribution is 0.607. The van der Waals surface area contributed by atoms with Gasteiger partial charge in [-0.15, -0.1) is 11.3 Å². The zero-order valence-corrected chi connectivity index (χ0v) is 14.3. The minimum Gasteiger partial charge on any atom is -0.310 e. The topological polar surface area (TPSA) is 12.0 Å².